The average Bonchev–Trinajstić information content (AvgIpc) is 1.97. The van der Waals surface area contributed by atoms with Crippen molar-refractivity contribution in [1.82, 2.24) is 0 Å². The van der Waals surface area contributed by atoms with Crippen LogP contribution in [0.3, 0.4) is 0 Å². The number of aliphatic hydroxyl groups excluding tert-OH is 1. The Morgan fingerprint density at radius 1 is 1.00 bits per heavy atom. The predicted molar refractivity (Wildman–Crippen MR) is 41.3 cm³/mol. The van der Waals surface area contributed by atoms with Gasteiger partial charge in [0.2, 0.25) is 6.10 Å². The van der Waals surface area contributed by atoms with E-state index < -0.39 is 30.3 Å². The summed E-state index contributed by atoms with van der Waals surface area (Å²) in [7, 11) is 0. The summed E-state index contributed by atoms with van der Waals surface area (Å²) in [6, 6.07) is 0. The molecule has 0 saturated carbocycles. The molecule has 8 nitrogen and oxygen atoms in total. The molecule has 0 aliphatic rings. The molecule has 0 amide bonds. The Hall–Kier alpha value is -0.830. The number of rotatable bonds is 4. The van der Waals surface area contributed by atoms with Crippen LogP contribution in [-0.4, -0.2) is 80.3 Å². The first-order valence-corrected chi connectivity index (χ1v) is 2.89. The van der Waals surface area contributed by atoms with Crippen LogP contribution in [0.25, 0.3) is 0 Å². The standard InChI is InChI=1S/C5H6O8.Na.H/c6-1(3(7)8)2(4(9)10)13-5(11)12;;/h1-2,6H,(H,7,8)(H,9,10)(H,11,12);;. The molecule has 2 unspecified atom stereocenters. The molecule has 0 aliphatic carbocycles. The number of hydrogen-bond donors (Lipinski definition) is 4. The summed E-state index contributed by atoms with van der Waals surface area (Å²) in [6.45, 7) is 0. The van der Waals surface area contributed by atoms with Gasteiger partial charge in [-0.15, -0.1) is 0 Å². The summed E-state index contributed by atoms with van der Waals surface area (Å²) < 4.78 is 3.62. The molecule has 2 atom stereocenters. The molecule has 9 heteroatoms. The first-order valence-electron chi connectivity index (χ1n) is 2.89. The average molecular weight is 218 g/mol. The summed E-state index contributed by atoms with van der Waals surface area (Å²) in [5, 5.41) is 33.0. The van der Waals surface area contributed by atoms with Crippen molar-refractivity contribution >= 4 is 47.7 Å². The van der Waals surface area contributed by atoms with Crippen molar-refractivity contribution in [3.63, 3.8) is 0 Å². The quantitative estimate of drug-likeness (QED) is 0.311. The monoisotopic (exact) mass is 218 g/mol. The van der Waals surface area contributed by atoms with Gasteiger partial charge in [0, 0.05) is 0 Å². The first kappa shape index (κ1) is 15.6. The van der Waals surface area contributed by atoms with Crippen LogP contribution >= 0.6 is 0 Å². The zero-order valence-electron chi connectivity index (χ0n) is 6.08. The van der Waals surface area contributed by atoms with Crippen LogP contribution in [-0.2, 0) is 14.3 Å². The van der Waals surface area contributed by atoms with E-state index in [0.717, 1.165) is 0 Å². The summed E-state index contributed by atoms with van der Waals surface area (Å²) in [4.78, 5) is 30.1. The molecule has 0 saturated heterocycles. The summed E-state index contributed by atoms with van der Waals surface area (Å²) in [5.41, 5.74) is 0. The second-order valence-corrected chi connectivity index (χ2v) is 1.93. The fourth-order valence-corrected chi connectivity index (χ4v) is 0.488. The van der Waals surface area contributed by atoms with Crippen LogP contribution < -0.4 is 0 Å². The number of carboxylic acid groups (broad SMARTS) is 3. The van der Waals surface area contributed by atoms with Crippen molar-refractivity contribution in [2.45, 2.75) is 12.2 Å². The molecule has 0 spiro atoms. The Bertz CT molecular complexity index is 238. The number of ether oxygens (including phenoxy) is 1. The van der Waals surface area contributed by atoms with Gasteiger partial charge < -0.3 is 25.2 Å². The Morgan fingerprint density at radius 3 is 1.64 bits per heavy atom. The van der Waals surface area contributed by atoms with Crippen LogP contribution in [0.1, 0.15) is 0 Å². The van der Waals surface area contributed by atoms with Gasteiger partial charge in [0.1, 0.15) is 0 Å². The minimum absolute atomic E-state index is 0. The van der Waals surface area contributed by atoms with Gasteiger partial charge in [-0.1, -0.05) is 0 Å². The number of aliphatic hydroxyl groups is 1. The van der Waals surface area contributed by atoms with Crippen molar-refractivity contribution in [3.05, 3.63) is 0 Å². The summed E-state index contributed by atoms with van der Waals surface area (Å²) in [5.74, 6) is -3.76. The third-order valence-corrected chi connectivity index (χ3v) is 1.01. The van der Waals surface area contributed by atoms with E-state index in [0.29, 0.717) is 0 Å². The van der Waals surface area contributed by atoms with E-state index in [1.807, 2.05) is 0 Å². The molecule has 0 aromatic rings. The summed E-state index contributed by atoms with van der Waals surface area (Å²) >= 11 is 0. The third-order valence-electron chi connectivity index (χ3n) is 1.01. The van der Waals surface area contributed by atoms with Crippen molar-refractivity contribution in [1.29, 1.82) is 0 Å². The SMILES string of the molecule is O=C(O)OC(C(=O)O)C(O)C(=O)O.[NaH]. The fraction of sp³-hybridized carbons (Fsp3) is 0.400. The van der Waals surface area contributed by atoms with Crippen molar-refractivity contribution < 1.29 is 39.5 Å². The Labute approximate surface area is 99.4 Å². The van der Waals surface area contributed by atoms with Gasteiger partial charge >= 0.3 is 47.7 Å². The number of carboxylic acids is 2. The second-order valence-electron chi connectivity index (χ2n) is 1.93. The van der Waals surface area contributed by atoms with Gasteiger partial charge in [0.05, 0.1) is 0 Å². The molecule has 76 valence electrons. The first-order chi connectivity index (χ1) is 5.86. The molecule has 0 aromatic heterocycles. The summed E-state index contributed by atoms with van der Waals surface area (Å²) in [6.07, 6.45) is -6.73. The second kappa shape index (κ2) is 6.60. The van der Waals surface area contributed by atoms with Gasteiger partial charge in [-0.3, -0.25) is 0 Å². The molecular weight excluding hydrogens is 211 g/mol. The number of carbonyl (C=O) groups is 3. The number of aliphatic carboxylic acids is 2. The predicted octanol–water partition coefficient (Wildman–Crippen LogP) is -2.07. The molecule has 0 rings (SSSR count). The van der Waals surface area contributed by atoms with E-state index in [9.17, 15) is 14.4 Å². The zero-order chi connectivity index (χ0) is 10.6. The van der Waals surface area contributed by atoms with Gasteiger partial charge in [-0.25, -0.2) is 14.4 Å². The van der Waals surface area contributed by atoms with Gasteiger partial charge in [0.15, 0.2) is 6.10 Å². The molecular formula is C5H7NaO8. The van der Waals surface area contributed by atoms with E-state index in [1.54, 1.807) is 0 Å². The molecule has 0 aliphatic heterocycles. The molecule has 0 bridgehead atoms. The Balaban J connectivity index is 0. The fourth-order valence-electron chi connectivity index (χ4n) is 0.488. The number of hydrogen-bond acceptors (Lipinski definition) is 5. The van der Waals surface area contributed by atoms with Crippen LogP contribution in [0.5, 0.6) is 0 Å². The zero-order valence-corrected chi connectivity index (χ0v) is 6.08. The van der Waals surface area contributed by atoms with E-state index in [2.05, 4.69) is 4.74 Å². The van der Waals surface area contributed by atoms with Crippen molar-refractivity contribution in [2.75, 3.05) is 0 Å². The molecule has 4 N–H and O–H groups in total. The molecule has 0 radical (unpaired) electrons. The minimum atomic E-state index is -2.42. The topological polar surface area (TPSA) is 141 Å². The van der Waals surface area contributed by atoms with Crippen molar-refractivity contribution in [3.8, 4) is 0 Å². The Kier molecular flexibility index (Phi) is 7.37. The normalized spacial score (nSPS) is 13.2. The van der Waals surface area contributed by atoms with Crippen molar-refractivity contribution in [2.24, 2.45) is 0 Å². The molecule has 14 heavy (non-hydrogen) atoms. The van der Waals surface area contributed by atoms with Crippen LogP contribution in [0.15, 0.2) is 0 Å². The van der Waals surface area contributed by atoms with E-state index in [1.165, 1.54) is 0 Å². The van der Waals surface area contributed by atoms with E-state index >= 15 is 0 Å². The molecule has 0 aromatic carbocycles. The van der Waals surface area contributed by atoms with Gasteiger partial charge in [-0.05, 0) is 0 Å². The maximum atomic E-state index is 10.2. The van der Waals surface area contributed by atoms with E-state index in [-0.39, 0.29) is 29.6 Å². The third kappa shape index (κ3) is 5.02. The molecule has 0 fully saturated rings. The van der Waals surface area contributed by atoms with Gasteiger partial charge in [-0.2, -0.15) is 0 Å². The van der Waals surface area contributed by atoms with Gasteiger partial charge in [0.25, 0.3) is 0 Å². The molecule has 0 heterocycles. The Morgan fingerprint density at radius 2 is 1.43 bits per heavy atom. The maximum absolute atomic E-state index is 10.2. The van der Waals surface area contributed by atoms with Crippen LogP contribution in [0.2, 0.25) is 0 Å². The van der Waals surface area contributed by atoms with E-state index in [4.69, 9.17) is 20.4 Å². The van der Waals surface area contributed by atoms with Crippen LogP contribution in [0.4, 0.5) is 4.79 Å². The van der Waals surface area contributed by atoms with Crippen LogP contribution in [0, 0.1) is 0 Å².